The largest absolute Gasteiger partial charge is 0.340 e. The van der Waals surface area contributed by atoms with Gasteiger partial charge in [0.2, 0.25) is 11.8 Å². The number of hydrogen-bond donors (Lipinski definition) is 0. The summed E-state index contributed by atoms with van der Waals surface area (Å²) in [5.41, 5.74) is 1.88. The molecule has 4 rings (SSSR count). The summed E-state index contributed by atoms with van der Waals surface area (Å²) in [5, 5.41) is 0.623. The summed E-state index contributed by atoms with van der Waals surface area (Å²) in [7, 11) is 0. The fraction of sp³-hybridized carbons (Fsp3) is 0.458. The van der Waals surface area contributed by atoms with Crippen LogP contribution in [-0.4, -0.2) is 45.7 Å². The molecule has 0 N–H and O–H groups in total. The molecular weight excluding hydrogens is 398 g/mol. The van der Waals surface area contributed by atoms with Crippen LogP contribution in [0.25, 0.3) is 0 Å². The molecule has 1 unspecified atom stereocenters. The monoisotopic (exact) mass is 425 g/mol. The molecule has 2 aromatic rings. The third-order valence-electron chi connectivity index (χ3n) is 6.30. The molecule has 1 atom stereocenters. The van der Waals surface area contributed by atoms with Crippen LogP contribution in [0.15, 0.2) is 48.8 Å². The number of nitrogens with zero attached hydrogens (tertiary/aromatic N) is 3. The van der Waals surface area contributed by atoms with Gasteiger partial charge in [0.05, 0.1) is 6.42 Å². The van der Waals surface area contributed by atoms with Crippen LogP contribution in [-0.2, 0) is 22.6 Å². The minimum Gasteiger partial charge on any atom is -0.340 e. The van der Waals surface area contributed by atoms with Gasteiger partial charge in [-0.2, -0.15) is 0 Å². The predicted octanol–water partition coefficient (Wildman–Crippen LogP) is 4.10. The van der Waals surface area contributed by atoms with Gasteiger partial charge < -0.3 is 9.80 Å². The Bertz CT molecular complexity index is 885. The zero-order valence-corrected chi connectivity index (χ0v) is 17.9. The van der Waals surface area contributed by atoms with Crippen molar-refractivity contribution in [1.82, 2.24) is 14.8 Å². The van der Waals surface area contributed by atoms with Crippen LogP contribution in [0.3, 0.4) is 0 Å². The van der Waals surface area contributed by atoms with E-state index in [0.717, 1.165) is 49.8 Å². The first-order valence-corrected chi connectivity index (χ1v) is 11.2. The molecular formula is C24H28ClN3O2. The molecule has 1 aliphatic carbocycles. The number of likely N-dealkylation sites (tertiary alicyclic amines) is 1. The molecule has 5 nitrogen and oxygen atoms in total. The molecule has 0 spiro atoms. The maximum absolute atomic E-state index is 13.2. The second-order valence-corrected chi connectivity index (χ2v) is 8.77. The van der Waals surface area contributed by atoms with E-state index in [9.17, 15) is 9.59 Å². The van der Waals surface area contributed by atoms with Crippen molar-refractivity contribution in [2.24, 2.45) is 5.92 Å². The van der Waals surface area contributed by atoms with Crippen molar-refractivity contribution in [3.63, 3.8) is 0 Å². The van der Waals surface area contributed by atoms with E-state index >= 15 is 0 Å². The molecule has 2 fully saturated rings. The molecule has 2 aliphatic rings. The van der Waals surface area contributed by atoms with Crippen molar-refractivity contribution in [3.05, 3.63) is 64.9 Å². The van der Waals surface area contributed by atoms with Crippen molar-refractivity contribution >= 4 is 23.4 Å². The van der Waals surface area contributed by atoms with Crippen molar-refractivity contribution in [1.29, 1.82) is 0 Å². The molecule has 158 valence electrons. The van der Waals surface area contributed by atoms with E-state index in [4.69, 9.17) is 11.6 Å². The maximum Gasteiger partial charge on any atom is 0.227 e. The molecule has 30 heavy (non-hydrogen) atoms. The summed E-state index contributed by atoms with van der Waals surface area (Å²) in [5.74, 6) is 0.441. The Morgan fingerprint density at radius 2 is 1.93 bits per heavy atom. The molecule has 1 aliphatic heterocycles. The van der Waals surface area contributed by atoms with Gasteiger partial charge in [-0.3, -0.25) is 14.6 Å². The van der Waals surface area contributed by atoms with Gasteiger partial charge in [-0.1, -0.05) is 42.3 Å². The van der Waals surface area contributed by atoms with Crippen molar-refractivity contribution in [2.45, 2.75) is 51.1 Å². The second-order valence-electron chi connectivity index (χ2n) is 8.36. The van der Waals surface area contributed by atoms with Crippen LogP contribution in [0.2, 0.25) is 5.02 Å². The topological polar surface area (TPSA) is 53.5 Å². The van der Waals surface area contributed by atoms with Gasteiger partial charge in [-0.25, -0.2) is 0 Å². The van der Waals surface area contributed by atoms with Crippen LogP contribution >= 0.6 is 11.6 Å². The van der Waals surface area contributed by atoms with E-state index in [-0.39, 0.29) is 23.8 Å². The summed E-state index contributed by atoms with van der Waals surface area (Å²) >= 11 is 6.25. The summed E-state index contributed by atoms with van der Waals surface area (Å²) in [4.78, 5) is 34.3. The van der Waals surface area contributed by atoms with Gasteiger partial charge in [0.25, 0.3) is 0 Å². The first-order chi connectivity index (χ1) is 14.6. The number of hydrogen-bond acceptors (Lipinski definition) is 3. The van der Waals surface area contributed by atoms with E-state index in [1.165, 1.54) is 0 Å². The lowest BCUT2D eigenvalue weighted by Crippen LogP contribution is -2.53. The molecule has 1 saturated carbocycles. The first-order valence-electron chi connectivity index (χ1n) is 10.8. The van der Waals surface area contributed by atoms with Gasteiger partial charge >= 0.3 is 0 Å². The highest BCUT2D eigenvalue weighted by Crippen LogP contribution is 2.31. The maximum atomic E-state index is 13.2. The summed E-state index contributed by atoms with van der Waals surface area (Å²) in [6.45, 7) is 1.88. The number of rotatable bonds is 6. The number of pyridine rings is 1. The minimum absolute atomic E-state index is 0.0438. The summed E-state index contributed by atoms with van der Waals surface area (Å²) in [6, 6.07) is 11.4. The van der Waals surface area contributed by atoms with Crippen molar-refractivity contribution in [2.75, 3.05) is 13.1 Å². The number of halogens is 1. The number of amides is 2. The summed E-state index contributed by atoms with van der Waals surface area (Å²) < 4.78 is 0. The lowest BCUT2D eigenvalue weighted by molar-refractivity contribution is -0.145. The predicted molar refractivity (Wildman–Crippen MR) is 117 cm³/mol. The highest BCUT2D eigenvalue weighted by Gasteiger charge is 2.35. The van der Waals surface area contributed by atoms with E-state index in [0.29, 0.717) is 24.5 Å². The number of benzene rings is 1. The highest BCUT2D eigenvalue weighted by molar-refractivity contribution is 6.31. The average Bonchev–Trinajstić information content (AvgIpc) is 2.73. The van der Waals surface area contributed by atoms with Crippen LogP contribution in [0, 0.1) is 5.92 Å². The number of piperidine rings is 1. The Kier molecular flexibility index (Phi) is 6.68. The third-order valence-corrected chi connectivity index (χ3v) is 6.67. The molecule has 2 amide bonds. The second kappa shape index (κ2) is 9.61. The molecule has 1 saturated heterocycles. The Morgan fingerprint density at radius 3 is 2.63 bits per heavy atom. The fourth-order valence-corrected chi connectivity index (χ4v) is 4.52. The third kappa shape index (κ3) is 4.84. The number of carbonyl (C=O) groups is 2. The Hall–Kier alpha value is -2.40. The molecule has 0 bridgehead atoms. The van der Waals surface area contributed by atoms with Crippen LogP contribution in [0.4, 0.5) is 0 Å². The van der Waals surface area contributed by atoms with Crippen molar-refractivity contribution < 1.29 is 9.59 Å². The molecule has 0 radical (unpaired) electrons. The van der Waals surface area contributed by atoms with Gasteiger partial charge in [-0.15, -0.1) is 0 Å². The molecule has 1 aromatic carbocycles. The van der Waals surface area contributed by atoms with E-state index in [1.54, 1.807) is 6.20 Å². The van der Waals surface area contributed by atoms with Crippen LogP contribution < -0.4 is 0 Å². The molecule has 1 aromatic heterocycles. The minimum atomic E-state index is 0.0438. The quantitative estimate of drug-likeness (QED) is 0.700. The highest BCUT2D eigenvalue weighted by atomic mass is 35.5. The van der Waals surface area contributed by atoms with Gasteiger partial charge in [-0.05, 0) is 48.9 Å². The van der Waals surface area contributed by atoms with Crippen LogP contribution in [0.5, 0.6) is 0 Å². The number of aromatic nitrogens is 1. The van der Waals surface area contributed by atoms with E-state index in [1.807, 2.05) is 52.4 Å². The van der Waals surface area contributed by atoms with E-state index in [2.05, 4.69) is 4.98 Å². The zero-order chi connectivity index (χ0) is 20.9. The molecule has 2 heterocycles. The lowest BCUT2D eigenvalue weighted by atomic mass is 9.83. The average molecular weight is 426 g/mol. The Morgan fingerprint density at radius 1 is 1.10 bits per heavy atom. The fourth-order valence-electron chi connectivity index (χ4n) is 4.32. The number of carbonyl (C=O) groups excluding carboxylic acids is 2. The normalized spacial score (nSPS) is 19.2. The van der Waals surface area contributed by atoms with Gasteiger partial charge in [0, 0.05) is 49.0 Å². The lowest BCUT2D eigenvalue weighted by Gasteiger charge is -2.42. The standard InChI is InChI=1S/C24H28ClN3O2/c25-22-11-2-1-7-20(22)14-23(29)27-13-5-10-21(17-27)28(24(30)19-8-3-9-19)16-18-6-4-12-26-15-18/h1-2,4,6-7,11-12,15,19,21H,3,5,8-10,13-14,16-17H2. The molecule has 6 heteroatoms. The van der Waals surface area contributed by atoms with Gasteiger partial charge in [0.15, 0.2) is 0 Å². The first kappa shape index (κ1) is 20.9. The van der Waals surface area contributed by atoms with Crippen LogP contribution in [0.1, 0.15) is 43.2 Å². The van der Waals surface area contributed by atoms with Gasteiger partial charge in [0.1, 0.15) is 0 Å². The van der Waals surface area contributed by atoms with Crippen molar-refractivity contribution in [3.8, 4) is 0 Å². The SMILES string of the molecule is O=C(Cc1ccccc1Cl)N1CCCC(N(Cc2cccnc2)C(=O)C2CCC2)C1. The van der Waals surface area contributed by atoms with E-state index < -0.39 is 0 Å². The Labute approximate surface area is 183 Å². The smallest absolute Gasteiger partial charge is 0.227 e. The summed E-state index contributed by atoms with van der Waals surface area (Å²) in [6.07, 6.45) is 8.78. The Balaban J connectivity index is 1.47. The zero-order valence-electron chi connectivity index (χ0n) is 17.2.